The number of aromatic nitrogens is 5. The summed E-state index contributed by atoms with van der Waals surface area (Å²) in [5.41, 5.74) is 8.56. The number of hydrogen-bond donors (Lipinski definition) is 1. The lowest BCUT2D eigenvalue weighted by Crippen LogP contribution is -1.97. The zero-order valence-corrected chi connectivity index (χ0v) is 18.5. The van der Waals surface area contributed by atoms with Gasteiger partial charge in [0.1, 0.15) is 6.33 Å². The number of hydrogen-bond acceptors (Lipinski definition) is 4. The van der Waals surface area contributed by atoms with Crippen LogP contribution in [-0.2, 0) is 0 Å². The molecular weight excluding hydrogens is 430 g/mol. The minimum Gasteiger partial charge on any atom is -0.358 e. The molecule has 0 saturated carbocycles. The van der Waals surface area contributed by atoms with E-state index < -0.39 is 0 Å². The predicted octanol–water partition coefficient (Wildman–Crippen LogP) is 6.86. The first-order chi connectivity index (χ1) is 16.2. The summed E-state index contributed by atoms with van der Waals surface area (Å²) in [6.45, 7) is 2.11. The number of benzene rings is 2. The molecular formula is C27H18ClN5. The lowest BCUT2D eigenvalue weighted by atomic mass is 9.92. The molecule has 0 unspecified atom stereocenters. The van der Waals surface area contributed by atoms with Gasteiger partial charge in [0.15, 0.2) is 0 Å². The van der Waals surface area contributed by atoms with Crippen molar-refractivity contribution in [2.45, 2.75) is 6.92 Å². The van der Waals surface area contributed by atoms with E-state index in [-0.39, 0.29) is 0 Å². The van der Waals surface area contributed by atoms with Gasteiger partial charge in [0.2, 0.25) is 0 Å². The van der Waals surface area contributed by atoms with Gasteiger partial charge in [-0.2, -0.15) is 0 Å². The molecule has 6 heteroatoms. The van der Waals surface area contributed by atoms with E-state index in [9.17, 15) is 0 Å². The number of aryl methyl sites for hydroxylation is 1. The minimum absolute atomic E-state index is 0.703. The number of aromatic amines is 1. The molecule has 6 rings (SSSR count). The molecule has 0 fully saturated rings. The average Bonchev–Trinajstić information content (AvgIpc) is 3.33. The summed E-state index contributed by atoms with van der Waals surface area (Å²) in [5.74, 6) is 0. The number of fused-ring (bicyclic) bond motifs is 2. The highest BCUT2D eigenvalue weighted by atomic mass is 35.5. The SMILES string of the molecule is Cc1ccc2c(-c3ccc(Cl)cc3)nccc2c1-c1ncccc1-c1ncnc2cc[nH]c12. The topological polar surface area (TPSA) is 67.3 Å². The summed E-state index contributed by atoms with van der Waals surface area (Å²) in [6.07, 6.45) is 7.16. The van der Waals surface area contributed by atoms with Gasteiger partial charge in [0.05, 0.1) is 28.1 Å². The fraction of sp³-hybridized carbons (Fsp3) is 0.0370. The van der Waals surface area contributed by atoms with Gasteiger partial charge >= 0.3 is 0 Å². The van der Waals surface area contributed by atoms with Gasteiger partial charge in [-0.3, -0.25) is 9.97 Å². The van der Waals surface area contributed by atoms with E-state index >= 15 is 0 Å². The first-order valence-corrected chi connectivity index (χ1v) is 11.0. The first kappa shape index (κ1) is 19.6. The number of H-pyrrole nitrogens is 1. The van der Waals surface area contributed by atoms with Gasteiger partial charge < -0.3 is 4.98 Å². The maximum atomic E-state index is 6.11. The smallest absolute Gasteiger partial charge is 0.116 e. The Balaban J connectivity index is 1.64. The Bertz CT molecular complexity index is 1640. The van der Waals surface area contributed by atoms with Crippen LogP contribution in [0.1, 0.15) is 5.56 Å². The molecule has 0 amide bonds. The van der Waals surface area contributed by atoms with Crippen molar-refractivity contribution in [3.8, 4) is 33.8 Å². The molecule has 2 aromatic carbocycles. The molecule has 4 aromatic heterocycles. The summed E-state index contributed by atoms with van der Waals surface area (Å²) in [5, 5.41) is 2.85. The molecule has 158 valence electrons. The predicted molar refractivity (Wildman–Crippen MR) is 133 cm³/mol. The first-order valence-electron chi connectivity index (χ1n) is 10.6. The molecule has 0 aliphatic heterocycles. The van der Waals surface area contributed by atoms with Crippen molar-refractivity contribution in [2.24, 2.45) is 0 Å². The highest BCUT2D eigenvalue weighted by molar-refractivity contribution is 6.30. The molecule has 33 heavy (non-hydrogen) atoms. The average molecular weight is 448 g/mol. The van der Waals surface area contributed by atoms with Crippen LogP contribution in [0.15, 0.2) is 85.6 Å². The van der Waals surface area contributed by atoms with Crippen LogP contribution in [0, 0.1) is 6.92 Å². The summed E-state index contributed by atoms with van der Waals surface area (Å²) in [7, 11) is 0. The number of halogens is 1. The second-order valence-electron chi connectivity index (χ2n) is 7.88. The van der Waals surface area contributed by atoms with E-state index in [1.54, 1.807) is 6.33 Å². The Labute approximate surface area is 195 Å². The summed E-state index contributed by atoms with van der Waals surface area (Å²) < 4.78 is 0. The van der Waals surface area contributed by atoms with Crippen LogP contribution in [0.25, 0.3) is 55.6 Å². The zero-order chi connectivity index (χ0) is 22.4. The molecule has 0 aliphatic carbocycles. The maximum absolute atomic E-state index is 6.11. The van der Waals surface area contributed by atoms with E-state index in [0.717, 1.165) is 61.1 Å². The van der Waals surface area contributed by atoms with Gasteiger partial charge in [-0.15, -0.1) is 0 Å². The van der Waals surface area contributed by atoms with E-state index in [2.05, 4.69) is 46.1 Å². The van der Waals surface area contributed by atoms with Crippen molar-refractivity contribution in [2.75, 3.05) is 0 Å². The largest absolute Gasteiger partial charge is 0.358 e. The Morgan fingerprint density at radius 2 is 1.58 bits per heavy atom. The van der Waals surface area contributed by atoms with Crippen molar-refractivity contribution in [1.82, 2.24) is 24.9 Å². The van der Waals surface area contributed by atoms with Crippen molar-refractivity contribution in [3.63, 3.8) is 0 Å². The summed E-state index contributed by atoms with van der Waals surface area (Å²) in [6, 6.07) is 20.0. The van der Waals surface area contributed by atoms with Gasteiger partial charge in [0.25, 0.3) is 0 Å². The normalized spacial score (nSPS) is 11.3. The third-order valence-electron chi connectivity index (χ3n) is 5.92. The quantitative estimate of drug-likeness (QED) is 0.321. The summed E-state index contributed by atoms with van der Waals surface area (Å²) in [4.78, 5) is 21.8. The standard InChI is InChI=1S/C27H18ClN5/c1-16-4-9-20-19(10-13-30-24(20)17-5-7-18(28)8-6-17)23(16)25-21(3-2-12-29-25)26-27-22(11-14-31-27)32-15-33-26/h2-15,31H,1H3. The van der Waals surface area contributed by atoms with Crippen LogP contribution in [0.5, 0.6) is 0 Å². The fourth-order valence-corrected chi connectivity index (χ4v) is 4.51. The second-order valence-corrected chi connectivity index (χ2v) is 8.32. The van der Waals surface area contributed by atoms with Crippen molar-refractivity contribution in [3.05, 3.63) is 96.2 Å². The van der Waals surface area contributed by atoms with Crippen molar-refractivity contribution < 1.29 is 0 Å². The lowest BCUT2D eigenvalue weighted by Gasteiger charge is -2.15. The number of pyridine rings is 2. The van der Waals surface area contributed by atoms with Crippen LogP contribution in [0.3, 0.4) is 0 Å². The van der Waals surface area contributed by atoms with Gasteiger partial charge in [-0.25, -0.2) is 9.97 Å². The molecule has 4 heterocycles. The highest BCUT2D eigenvalue weighted by Gasteiger charge is 2.18. The monoisotopic (exact) mass is 447 g/mol. The summed E-state index contributed by atoms with van der Waals surface area (Å²) >= 11 is 6.11. The lowest BCUT2D eigenvalue weighted by molar-refractivity contribution is 1.21. The van der Waals surface area contributed by atoms with E-state index in [4.69, 9.17) is 21.6 Å². The number of nitrogens with one attached hydrogen (secondary N) is 1. The number of nitrogens with zero attached hydrogens (tertiary/aromatic N) is 4. The third-order valence-corrected chi connectivity index (χ3v) is 6.17. The molecule has 5 nitrogen and oxygen atoms in total. The van der Waals surface area contributed by atoms with E-state index in [1.165, 1.54) is 0 Å². The van der Waals surface area contributed by atoms with Crippen LogP contribution < -0.4 is 0 Å². The van der Waals surface area contributed by atoms with Crippen LogP contribution in [-0.4, -0.2) is 24.9 Å². The second kappa shape index (κ2) is 7.80. The molecule has 0 spiro atoms. The van der Waals surface area contributed by atoms with E-state index in [1.807, 2.05) is 55.0 Å². The van der Waals surface area contributed by atoms with Crippen LogP contribution in [0.4, 0.5) is 0 Å². The highest BCUT2D eigenvalue weighted by Crippen LogP contribution is 2.39. The molecule has 0 bridgehead atoms. The van der Waals surface area contributed by atoms with Crippen molar-refractivity contribution in [1.29, 1.82) is 0 Å². The molecule has 6 aromatic rings. The Morgan fingerprint density at radius 3 is 2.45 bits per heavy atom. The molecule has 0 aliphatic rings. The van der Waals surface area contributed by atoms with Gasteiger partial charge in [-0.1, -0.05) is 35.9 Å². The molecule has 0 saturated heterocycles. The molecule has 0 radical (unpaired) electrons. The minimum atomic E-state index is 0.703. The van der Waals surface area contributed by atoms with E-state index in [0.29, 0.717) is 5.02 Å². The maximum Gasteiger partial charge on any atom is 0.116 e. The van der Waals surface area contributed by atoms with Crippen LogP contribution >= 0.6 is 11.6 Å². The zero-order valence-electron chi connectivity index (χ0n) is 17.7. The Hall–Kier alpha value is -4.09. The third kappa shape index (κ3) is 3.25. The fourth-order valence-electron chi connectivity index (χ4n) is 4.39. The molecule has 0 atom stereocenters. The van der Waals surface area contributed by atoms with Gasteiger partial charge in [-0.05, 0) is 54.3 Å². The van der Waals surface area contributed by atoms with Crippen molar-refractivity contribution >= 4 is 33.4 Å². The Morgan fingerprint density at radius 1 is 0.727 bits per heavy atom. The number of rotatable bonds is 3. The molecule has 1 N–H and O–H groups in total. The Kier molecular flexibility index (Phi) is 4.63. The van der Waals surface area contributed by atoms with Crippen LogP contribution in [0.2, 0.25) is 5.02 Å². The van der Waals surface area contributed by atoms with Gasteiger partial charge in [0, 0.05) is 45.7 Å².